The fraction of sp³-hybridized carbons (Fsp3) is 0.273. The van der Waals surface area contributed by atoms with Gasteiger partial charge in [0.15, 0.2) is 0 Å². The van der Waals surface area contributed by atoms with Gasteiger partial charge in [-0.3, -0.25) is 9.36 Å². The highest BCUT2D eigenvalue weighted by Crippen LogP contribution is 2.23. The number of nitrogens with zero attached hydrogens (tertiary/aromatic N) is 4. The van der Waals surface area contributed by atoms with Gasteiger partial charge in [-0.1, -0.05) is 29.8 Å². The van der Waals surface area contributed by atoms with Crippen LogP contribution in [0.5, 0.6) is 5.75 Å². The third kappa shape index (κ3) is 4.38. The Labute approximate surface area is 175 Å². The van der Waals surface area contributed by atoms with Crippen LogP contribution in [0.25, 0.3) is 5.69 Å². The quantitative estimate of drug-likeness (QED) is 0.646. The summed E-state index contributed by atoms with van der Waals surface area (Å²) in [4.78, 5) is 21.3. The van der Waals surface area contributed by atoms with Crippen molar-refractivity contribution in [3.05, 3.63) is 71.5 Å². The third-order valence-electron chi connectivity index (χ3n) is 5.14. The van der Waals surface area contributed by atoms with Crippen molar-refractivity contribution in [2.75, 3.05) is 38.2 Å². The molecular weight excluding hydrogens is 388 g/mol. The van der Waals surface area contributed by atoms with Gasteiger partial charge in [0.2, 0.25) is 11.9 Å². The van der Waals surface area contributed by atoms with Gasteiger partial charge >= 0.3 is 0 Å². The van der Waals surface area contributed by atoms with Crippen LogP contribution in [-0.2, 0) is 11.2 Å². The first kappa shape index (κ1) is 19.3. The van der Waals surface area contributed by atoms with Crippen LogP contribution in [0, 0.1) is 0 Å². The number of hydrogen-bond donors (Lipinski definition) is 0. The van der Waals surface area contributed by atoms with E-state index in [0.29, 0.717) is 24.5 Å². The predicted molar refractivity (Wildman–Crippen MR) is 114 cm³/mol. The molecule has 29 heavy (non-hydrogen) atoms. The number of amides is 1. The van der Waals surface area contributed by atoms with Crippen LogP contribution in [0.2, 0.25) is 5.02 Å². The van der Waals surface area contributed by atoms with Crippen molar-refractivity contribution in [1.82, 2.24) is 14.5 Å². The number of ether oxygens (including phenoxy) is 1. The molecule has 6 nitrogen and oxygen atoms in total. The summed E-state index contributed by atoms with van der Waals surface area (Å²) in [6.07, 6.45) is 4.14. The smallest absolute Gasteiger partial charge is 0.227 e. The maximum Gasteiger partial charge on any atom is 0.227 e. The highest BCUT2D eigenvalue weighted by molar-refractivity contribution is 6.30. The molecule has 0 radical (unpaired) electrons. The molecule has 4 rings (SSSR count). The molecule has 0 atom stereocenters. The summed E-state index contributed by atoms with van der Waals surface area (Å²) in [7, 11) is 1.66. The van der Waals surface area contributed by atoms with E-state index in [0.717, 1.165) is 36.0 Å². The van der Waals surface area contributed by atoms with Gasteiger partial charge in [0, 0.05) is 49.7 Å². The number of methoxy groups -OCH3 is 1. The highest BCUT2D eigenvalue weighted by Gasteiger charge is 2.24. The molecule has 0 saturated carbocycles. The Morgan fingerprint density at radius 2 is 1.86 bits per heavy atom. The number of carbonyl (C=O) groups is 1. The minimum atomic E-state index is 0.142. The molecule has 150 valence electrons. The summed E-state index contributed by atoms with van der Waals surface area (Å²) in [6.45, 7) is 2.84. The van der Waals surface area contributed by atoms with Gasteiger partial charge < -0.3 is 14.5 Å². The average Bonchev–Trinajstić information content (AvgIpc) is 3.25. The zero-order chi connectivity index (χ0) is 20.2. The average molecular weight is 411 g/mol. The first-order valence-corrected chi connectivity index (χ1v) is 9.97. The van der Waals surface area contributed by atoms with Gasteiger partial charge in [0.25, 0.3) is 0 Å². The third-order valence-corrected chi connectivity index (χ3v) is 5.39. The first-order chi connectivity index (χ1) is 14.1. The van der Waals surface area contributed by atoms with Gasteiger partial charge in [-0.25, -0.2) is 4.98 Å². The fourth-order valence-corrected chi connectivity index (χ4v) is 3.66. The Bertz CT molecular complexity index is 978. The van der Waals surface area contributed by atoms with Crippen molar-refractivity contribution in [1.29, 1.82) is 0 Å². The van der Waals surface area contributed by atoms with E-state index in [4.69, 9.17) is 16.3 Å². The van der Waals surface area contributed by atoms with Crippen LogP contribution >= 0.6 is 11.6 Å². The van der Waals surface area contributed by atoms with Gasteiger partial charge in [0.05, 0.1) is 19.2 Å². The van der Waals surface area contributed by atoms with E-state index < -0.39 is 0 Å². The van der Waals surface area contributed by atoms with Crippen molar-refractivity contribution in [3.8, 4) is 11.4 Å². The predicted octanol–water partition coefficient (Wildman–Crippen LogP) is 3.43. The molecule has 1 amide bonds. The van der Waals surface area contributed by atoms with E-state index >= 15 is 0 Å². The Kier molecular flexibility index (Phi) is 5.71. The maximum atomic E-state index is 12.6. The van der Waals surface area contributed by atoms with Gasteiger partial charge in [-0.15, -0.1) is 0 Å². The number of carbonyl (C=O) groups excluding carboxylic acids is 1. The minimum absolute atomic E-state index is 0.142. The lowest BCUT2D eigenvalue weighted by Crippen LogP contribution is -2.49. The second kappa shape index (κ2) is 8.57. The van der Waals surface area contributed by atoms with E-state index in [-0.39, 0.29) is 5.91 Å². The van der Waals surface area contributed by atoms with Crippen LogP contribution < -0.4 is 9.64 Å². The number of piperazine rings is 1. The van der Waals surface area contributed by atoms with Gasteiger partial charge in [-0.2, -0.15) is 0 Å². The molecule has 1 saturated heterocycles. The van der Waals surface area contributed by atoms with Crippen molar-refractivity contribution in [2.45, 2.75) is 6.42 Å². The molecule has 1 aliphatic heterocycles. The summed E-state index contributed by atoms with van der Waals surface area (Å²) in [5.74, 6) is 1.82. The number of halogens is 1. The Morgan fingerprint density at radius 3 is 2.59 bits per heavy atom. The molecule has 0 unspecified atom stereocenters. The molecule has 0 bridgehead atoms. The minimum Gasteiger partial charge on any atom is -0.497 e. The molecule has 3 aromatic rings. The SMILES string of the molecule is COc1cccc(-n2ccnc2N2CCN(C(=O)Cc3ccc(Cl)cc3)CC2)c1. The summed E-state index contributed by atoms with van der Waals surface area (Å²) in [6, 6.07) is 15.3. The van der Waals surface area contributed by atoms with E-state index in [1.54, 1.807) is 13.3 Å². The molecule has 0 spiro atoms. The molecule has 1 aliphatic rings. The number of benzene rings is 2. The van der Waals surface area contributed by atoms with Crippen LogP contribution in [0.3, 0.4) is 0 Å². The van der Waals surface area contributed by atoms with E-state index in [1.165, 1.54) is 0 Å². The highest BCUT2D eigenvalue weighted by atomic mass is 35.5. The number of hydrogen-bond acceptors (Lipinski definition) is 4. The maximum absolute atomic E-state index is 12.6. The summed E-state index contributed by atoms with van der Waals surface area (Å²) < 4.78 is 7.38. The van der Waals surface area contributed by atoms with Crippen LogP contribution in [0.4, 0.5) is 5.95 Å². The Morgan fingerprint density at radius 1 is 1.10 bits per heavy atom. The molecule has 2 aromatic carbocycles. The molecule has 0 N–H and O–H groups in total. The topological polar surface area (TPSA) is 50.6 Å². The zero-order valence-electron chi connectivity index (χ0n) is 16.3. The van der Waals surface area contributed by atoms with Gasteiger partial charge in [-0.05, 0) is 29.8 Å². The number of rotatable bonds is 5. The first-order valence-electron chi connectivity index (χ1n) is 9.59. The lowest BCUT2D eigenvalue weighted by molar-refractivity contribution is -0.130. The van der Waals surface area contributed by atoms with Crippen molar-refractivity contribution >= 4 is 23.5 Å². The Hall–Kier alpha value is -2.99. The lowest BCUT2D eigenvalue weighted by atomic mass is 10.1. The monoisotopic (exact) mass is 410 g/mol. The summed E-state index contributed by atoms with van der Waals surface area (Å²) >= 11 is 5.92. The van der Waals surface area contributed by atoms with Crippen LogP contribution in [0.15, 0.2) is 60.9 Å². The molecule has 0 aliphatic carbocycles. The van der Waals surface area contributed by atoms with Crippen molar-refractivity contribution in [2.24, 2.45) is 0 Å². The molecule has 7 heteroatoms. The van der Waals surface area contributed by atoms with Crippen molar-refractivity contribution in [3.63, 3.8) is 0 Å². The molecule has 1 fully saturated rings. The second-order valence-electron chi connectivity index (χ2n) is 6.97. The second-order valence-corrected chi connectivity index (χ2v) is 7.41. The van der Waals surface area contributed by atoms with E-state index in [1.807, 2.05) is 64.2 Å². The standard InChI is InChI=1S/C22H23ClN4O2/c1-29-20-4-2-3-19(16-20)27-10-9-24-22(27)26-13-11-25(12-14-26)21(28)15-17-5-7-18(23)8-6-17/h2-10,16H,11-15H2,1H3. The molecular formula is C22H23ClN4O2. The molecule has 2 heterocycles. The number of anilines is 1. The Balaban J connectivity index is 1.41. The summed E-state index contributed by atoms with van der Waals surface area (Å²) in [5, 5.41) is 0.682. The summed E-state index contributed by atoms with van der Waals surface area (Å²) in [5.41, 5.74) is 1.98. The zero-order valence-corrected chi connectivity index (χ0v) is 17.0. The van der Waals surface area contributed by atoms with E-state index in [9.17, 15) is 4.79 Å². The fourth-order valence-electron chi connectivity index (χ4n) is 3.54. The van der Waals surface area contributed by atoms with Crippen LogP contribution in [-0.4, -0.2) is 53.6 Å². The van der Waals surface area contributed by atoms with Gasteiger partial charge in [0.1, 0.15) is 5.75 Å². The number of imidazole rings is 1. The van der Waals surface area contributed by atoms with Crippen LogP contribution in [0.1, 0.15) is 5.56 Å². The molecule has 1 aromatic heterocycles. The largest absolute Gasteiger partial charge is 0.497 e. The lowest BCUT2D eigenvalue weighted by Gasteiger charge is -2.35. The number of aromatic nitrogens is 2. The van der Waals surface area contributed by atoms with E-state index in [2.05, 4.69) is 9.88 Å². The van der Waals surface area contributed by atoms with Crippen molar-refractivity contribution < 1.29 is 9.53 Å². The normalized spacial score (nSPS) is 14.1.